The molecule has 4 aromatic rings. The van der Waals surface area contributed by atoms with E-state index < -0.39 is 41.4 Å². The van der Waals surface area contributed by atoms with E-state index in [0.717, 1.165) is 6.07 Å². The van der Waals surface area contributed by atoms with Gasteiger partial charge in [-0.2, -0.15) is 0 Å². The number of hydrogen-bond acceptors (Lipinski definition) is 10. The summed E-state index contributed by atoms with van der Waals surface area (Å²) < 4.78 is 26.6. The minimum atomic E-state index is -0.930. The van der Waals surface area contributed by atoms with Gasteiger partial charge >= 0.3 is 11.9 Å². The molecule has 2 N–H and O–H groups in total. The summed E-state index contributed by atoms with van der Waals surface area (Å²) in [7, 11) is 3.87. The topological polar surface area (TPSA) is 142 Å². The van der Waals surface area contributed by atoms with Gasteiger partial charge in [-0.25, -0.2) is 4.79 Å². The third-order valence-electron chi connectivity index (χ3n) is 6.17. The summed E-state index contributed by atoms with van der Waals surface area (Å²) in [5, 5.41) is 21.5. The molecule has 0 saturated heterocycles. The van der Waals surface area contributed by atoms with Crippen LogP contribution < -0.4 is 14.9 Å². The molecular weight excluding hydrogens is 508 g/mol. The van der Waals surface area contributed by atoms with Crippen molar-refractivity contribution in [2.75, 3.05) is 27.9 Å². The number of methoxy groups -OCH3 is 3. The fraction of sp³-hybridized carbons (Fsp3) is 0.207. The second kappa shape index (κ2) is 11.6. The Balaban J connectivity index is 1.97. The first-order valence-corrected chi connectivity index (χ1v) is 11.8. The molecule has 4 rings (SSSR count). The predicted molar refractivity (Wildman–Crippen MR) is 140 cm³/mol. The van der Waals surface area contributed by atoms with Crippen LogP contribution in [0.2, 0.25) is 0 Å². The number of fused-ring (bicyclic) bond motifs is 1. The smallest absolute Gasteiger partial charge is 0.343 e. The number of phenolic OH excluding ortho intramolecular Hbond substituents is 2. The third-order valence-corrected chi connectivity index (χ3v) is 6.17. The predicted octanol–water partition coefficient (Wildman–Crippen LogP) is 4.13. The zero-order valence-corrected chi connectivity index (χ0v) is 21.4. The van der Waals surface area contributed by atoms with Crippen molar-refractivity contribution in [2.45, 2.75) is 12.3 Å². The standard InChI is InChI=1S/C29H26O10/c1-35-22-10-9-17(11-24(22)38-15-26(34)37-3)18(12-25(33)36-2)27-19(30)13-20(31)28-21(32)14-23(39-29(27)28)16-7-5-4-6-8-16/h4-11,13-14,18,30-31H,12,15H2,1-3H3/t18-/m1/s1. The molecule has 3 aromatic carbocycles. The van der Waals surface area contributed by atoms with Gasteiger partial charge in [-0.05, 0) is 17.7 Å². The van der Waals surface area contributed by atoms with Gasteiger partial charge in [0.2, 0.25) is 0 Å². The molecule has 10 nitrogen and oxygen atoms in total. The average Bonchev–Trinajstić information content (AvgIpc) is 2.94. The molecule has 0 radical (unpaired) electrons. The zero-order valence-electron chi connectivity index (χ0n) is 21.4. The van der Waals surface area contributed by atoms with E-state index in [0.29, 0.717) is 16.9 Å². The monoisotopic (exact) mass is 534 g/mol. The molecule has 0 aliphatic rings. The molecule has 0 saturated carbocycles. The van der Waals surface area contributed by atoms with E-state index in [1.54, 1.807) is 36.4 Å². The number of carbonyl (C=O) groups is 2. The molecule has 1 atom stereocenters. The molecule has 10 heteroatoms. The van der Waals surface area contributed by atoms with E-state index in [9.17, 15) is 24.6 Å². The maximum absolute atomic E-state index is 13.1. The third kappa shape index (κ3) is 5.64. The van der Waals surface area contributed by atoms with Crippen LogP contribution in [-0.4, -0.2) is 50.1 Å². The Labute approximate surface area is 222 Å². The number of hydrogen-bond donors (Lipinski definition) is 2. The Bertz CT molecular complexity index is 1570. The first-order chi connectivity index (χ1) is 18.8. The zero-order chi connectivity index (χ0) is 28.1. The largest absolute Gasteiger partial charge is 0.507 e. The van der Waals surface area contributed by atoms with E-state index >= 15 is 0 Å². The lowest BCUT2D eigenvalue weighted by Crippen LogP contribution is -2.14. The van der Waals surface area contributed by atoms with E-state index in [2.05, 4.69) is 4.74 Å². The maximum Gasteiger partial charge on any atom is 0.343 e. The molecule has 0 fully saturated rings. The van der Waals surface area contributed by atoms with Crippen LogP contribution >= 0.6 is 0 Å². The van der Waals surface area contributed by atoms with Gasteiger partial charge in [-0.15, -0.1) is 0 Å². The Hall–Kier alpha value is -4.99. The molecule has 0 spiro atoms. The highest BCUT2D eigenvalue weighted by atomic mass is 16.6. The molecule has 202 valence electrons. The maximum atomic E-state index is 13.1. The molecular formula is C29H26O10. The lowest BCUT2D eigenvalue weighted by atomic mass is 9.86. The van der Waals surface area contributed by atoms with Crippen molar-refractivity contribution >= 4 is 22.9 Å². The summed E-state index contributed by atoms with van der Waals surface area (Å²) in [6.45, 7) is -0.402. The molecule has 0 bridgehead atoms. The summed E-state index contributed by atoms with van der Waals surface area (Å²) >= 11 is 0. The highest BCUT2D eigenvalue weighted by molar-refractivity contribution is 5.90. The molecule has 1 aromatic heterocycles. The minimum Gasteiger partial charge on any atom is -0.507 e. The Kier molecular flexibility index (Phi) is 8.04. The highest BCUT2D eigenvalue weighted by Crippen LogP contribution is 2.44. The lowest BCUT2D eigenvalue weighted by Gasteiger charge is -2.21. The molecule has 0 amide bonds. The van der Waals surface area contributed by atoms with Crippen molar-refractivity contribution in [3.63, 3.8) is 0 Å². The number of ether oxygens (including phenoxy) is 4. The van der Waals surface area contributed by atoms with Crippen molar-refractivity contribution < 1.29 is 43.2 Å². The Morgan fingerprint density at radius 2 is 1.59 bits per heavy atom. The second-order valence-electron chi connectivity index (χ2n) is 8.48. The van der Waals surface area contributed by atoms with Crippen LogP contribution in [0, 0.1) is 0 Å². The number of benzene rings is 3. The fourth-order valence-electron chi connectivity index (χ4n) is 4.26. The number of rotatable bonds is 9. The van der Waals surface area contributed by atoms with E-state index in [4.69, 9.17) is 18.6 Å². The number of phenols is 2. The Morgan fingerprint density at radius 3 is 2.26 bits per heavy atom. The number of aromatic hydroxyl groups is 2. The summed E-state index contributed by atoms with van der Waals surface area (Å²) in [6, 6.07) is 15.8. The van der Waals surface area contributed by atoms with Crippen LogP contribution in [0.25, 0.3) is 22.3 Å². The van der Waals surface area contributed by atoms with Crippen LogP contribution in [0.15, 0.2) is 69.9 Å². The molecule has 0 unspecified atom stereocenters. The summed E-state index contributed by atoms with van der Waals surface area (Å²) in [5.74, 6) is -2.38. The lowest BCUT2D eigenvalue weighted by molar-refractivity contribution is -0.143. The van der Waals surface area contributed by atoms with Gasteiger partial charge in [0.15, 0.2) is 23.5 Å². The normalized spacial score (nSPS) is 11.6. The molecule has 1 heterocycles. The fourth-order valence-corrected chi connectivity index (χ4v) is 4.26. The van der Waals surface area contributed by atoms with Gasteiger partial charge in [0.1, 0.15) is 28.2 Å². The molecule has 0 aliphatic heterocycles. The van der Waals surface area contributed by atoms with Crippen LogP contribution in [0.3, 0.4) is 0 Å². The van der Waals surface area contributed by atoms with Crippen LogP contribution in [0.5, 0.6) is 23.0 Å². The van der Waals surface area contributed by atoms with Gasteiger partial charge < -0.3 is 33.6 Å². The summed E-state index contributed by atoms with van der Waals surface area (Å²) in [4.78, 5) is 37.3. The van der Waals surface area contributed by atoms with Crippen molar-refractivity contribution in [2.24, 2.45) is 0 Å². The summed E-state index contributed by atoms with van der Waals surface area (Å²) in [5.41, 5.74) is 0.476. The van der Waals surface area contributed by atoms with E-state index in [1.807, 2.05) is 6.07 Å². The van der Waals surface area contributed by atoms with Crippen molar-refractivity contribution in [3.05, 3.63) is 82.0 Å². The first kappa shape index (κ1) is 27.1. The molecule has 0 aliphatic carbocycles. The van der Waals surface area contributed by atoms with Crippen LogP contribution in [-0.2, 0) is 19.1 Å². The van der Waals surface area contributed by atoms with Gasteiger partial charge in [0.25, 0.3) is 0 Å². The van der Waals surface area contributed by atoms with Crippen LogP contribution in [0.1, 0.15) is 23.5 Å². The van der Waals surface area contributed by atoms with Crippen LogP contribution in [0.4, 0.5) is 0 Å². The highest BCUT2D eigenvalue weighted by Gasteiger charge is 2.29. The second-order valence-corrected chi connectivity index (χ2v) is 8.48. The molecule has 39 heavy (non-hydrogen) atoms. The van der Waals surface area contributed by atoms with Crippen molar-refractivity contribution in [1.29, 1.82) is 0 Å². The van der Waals surface area contributed by atoms with Crippen molar-refractivity contribution in [3.8, 4) is 34.3 Å². The van der Waals surface area contributed by atoms with Gasteiger partial charge in [0, 0.05) is 29.2 Å². The Morgan fingerprint density at radius 1 is 0.872 bits per heavy atom. The summed E-state index contributed by atoms with van der Waals surface area (Å²) in [6.07, 6.45) is -0.272. The number of esters is 2. The quantitative estimate of drug-likeness (QED) is 0.301. The van der Waals surface area contributed by atoms with Gasteiger partial charge in [-0.1, -0.05) is 36.4 Å². The van der Waals surface area contributed by atoms with E-state index in [1.165, 1.54) is 33.5 Å². The SMILES string of the molecule is COC(=O)COc1cc([C@@H](CC(=O)OC)c2c(O)cc(O)c3c(=O)cc(-c4ccccc4)oc23)ccc1OC. The van der Waals surface area contributed by atoms with Gasteiger partial charge in [0.05, 0.1) is 27.8 Å². The first-order valence-electron chi connectivity index (χ1n) is 11.8. The minimum absolute atomic E-state index is 0.0761. The number of carbonyl (C=O) groups excluding carboxylic acids is 2. The average molecular weight is 535 g/mol. The van der Waals surface area contributed by atoms with Gasteiger partial charge in [-0.3, -0.25) is 9.59 Å². The van der Waals surface area contributed by atoms with E-state index in [-0.39, 0.29) is 34.5 Å². The van der Waals surface area contributed by atoms with Crippen molar-refractivity contribution in [1.82, 2.24) is 0 Å².